The van der Waals surface area contributed by atoms with Crippen LogP contribution in [0.4, 0.5) is 0 Å². The summed E-state index contributed by atoms with van der Waals surface area (Å²) >= 11 is 0. The molecule has 0 saturated carbocycles. The maximum Gasteiger partial charge on any atom is 0.303 e. The van der Waals surface area contributed by atoms with Gasteiger partial charge in [-0.05, 0) is 12.8 Å². The van der Waals surface area contributed by atoms with Gasteiger partial charge in [-0.3, -0.25) is 9.59 Å². The number of carbonyl (C=O) groups is 2. The highest BCUT2D eigenvalue weighted by atomic mass is 16.4. The molecule has 0 fully saturated rings. The van der Waals surface area contributed by atoms with Gasteiger partial charge in [0.2, 0.25) is 5.91 Å². The third-order valence-corrected chi connectivity index (χ3v) is 1.65. The van der Waals surface area contributed by atoms with Crippen molar-refractivity contribution in [1.29, 1.82) is 0 Å². The molecule has 0 aliphatic rings. The van der Waals surface area contributed by atoms with E-state index < -0.39 is 12.1 Å². The predicted molar refractivity (Wildman–Crippen MR) is 50.7 cm³/mol. The average molecular weight is 203 g/mol. The first kappa shape index (κ1) is 12.9. The van der Waals surface area contributed by atoms with E-state index >= 15 is 0 Å². The number of carbonyl (C=O) groups excluding carboxylic acids is 1. The van der Waals surface area contributed by atoms with Crippen LogP contribution in [0.2, 0.25) is 0 Å². The van der Waals surface area contributed by atoms with E-state index in [0.29, 0.717) is 0 Å². The highest BCUT2D eigenvalue weighted by molar-refractivity contribution is 5.77. The minimum atomic E-state index is -0.902. The van der Waals surface area contributed by atoms with Crippen LogP contribution >= 0.6 is 0 Å². The number of aliphatic hydroxyl groups excluding tert-OH is 1. The second kappa shape index (κ2) is 6.37. The summed E-state index contributed by atoms with van der Waals surface area (Å²) in [6.07, 6.45) is -0.407. The average Bonchev–Trinajstić information content (AvgIpc) is 1.98. The van der Waals surface area contributed by atoms with Crippen LogP contribution in [0.1, 0.15) is 26.7 Å². The molecular weight excluding hydrogens is 186 g/mol. The van der Waals surface area contributed by atoms with Crippen molar-refractivity contribution in [3.05, 3.63) is 0 Å². The lowest BCUT2D eigenvalue weighted by Gasteiger charge is -2.10. The molecule has 1 unspecified atom stereocenters. The van der Waals surface area contributed by atoms with Gasteiger partial charge in [0.15, 0.2) is 0 Å². The Labute approximate surface area is 83.1 Å². The van der Waals surface area contributed by atoms with E-state index in [-0.39, 0.29) is 31.2 Å². The molecule has 2 atom stereocenters. The fourth-order valence-electron chi connectivity index (χ4n) is 1.02. The molecule has 0 radical (unpaired) electrons. The van der Waals surface area contributed by atoms with Crippen molar-refractivity contribution in [3.63, 3.8) is 0 Å². The Morgan fingerprint density at radius 1 is 1.29 bits per heavy atom. The molecule has 0 spiro atoms. The Morgan fingerprint density at radius 3 is 2.29 bits per heavy atom. The molecule has 1 amide bonds. The molecule has 0 aliphatic carbocycles. The molecule has 3 N–H and O–H groups in total. The van der Waals surface area contributed by atoms with Gasteiger partial charge in [0.05, 0.1) is 6.10 Å². The summed E-state index contributed by atoms with van der Waals surface area (Å²) in [6.45, 7) is 3.48. The SMILES string of the molecule is CC(CC(=O)O)CC(=O)NC[C@@H](C)O. The lowest BCUT2D eigenvalue weighted by Crippen LogP contribution is -2.31. The predicted octanol–water partition coefficient (Wildman–Crippen LogP) is -0.0157. The molecule has 0 aromatic rings. The summed E-state index contributed by atoms with van der Waals surface area (Å²) in [7, 11) is 0. The van der Waals surface area contributed by atoms with Crippen molar-refractivity contribution < 1.29 is 19.8 Å². The van der Waals surface area contributed by atoms with Crippen molar-refractivity contribution in [1.82, 2.24) is 5.32 Å². The van der Waals surface area contributed by atoms with Gasteiger partial charge in [-0.25, -0.2) is 0 Å². The van der Waals surface area contributed by atoms with E-state index in [1.807, 2.05) is 0 Å². The maximum absolute atomic E-state index is 11.1. The van der Waals surface area contributed by atoms with E-state index in [9.17, 15) is 9.59 Å². The standard InChI is InChI=1S/C9H17NO4/c1-6(4-9(13)14)3-8(12)10-5-7(2)11/h6-7,11H,3-5H2,1-2H3,(H,10,12)(H,13,14)/t6?,7-/m1/s1. The van der Waals surface area contributed by atoms with Crippen molar-refractivity contribution in [2.45, 2.75) is 32.8 Å². The number of carboxylic acid groups (broad SMARTS) is 1. The summed E-state index contributed by atoms with van der Waals surface area (Å²) < 4.78 is 0. The number of carboxylic acids is 1. The van der Waals surface area contributed by atoms with E-state index in [1.54, 1.807) is 13.8 Å². The Balaban J connectivity index is 3.66. The van der Waals surface area contributed by atoms with Gasteiger partial charge in [0, 0.05) is 19.4 Å². The topological polar surface area (TPSA) is 86.6 Å². The molecule has 0 aliphatic heterocycles. The van der Waals surface area contributed by atoms with Gasteiger partial charge in [-0.1, -0.05) is 6.92 Å². The number of hydrogen-bond acceptors (Lipinski definition) is 3. The first-order valence-electron chi connectivity index (χ1n) is 4.58. The minimum absolute atomic E-state index is 0.0118. The highest BCUT2D eigenvalue weighted by Gasteiger charge is 2.12. The number of aliphatic carboxylic acids is 1. The zero-order valence-electron chi connectivity index (χ0n) is 8.49. The third-order valence-electron chi connectivity index (χ3n) is 1.65. The van der Waals surface area contributed by atoms with Crippen LogP contribution in [0.3, 0.4) is 0 Å². The molecule has 0 heterocycles. The zero-order chi connectivity index (χ0) is 11.1. The summed E-state index contributed by atoms with van der Waals surface area (Å²) in [5.74, 6) is -1.30. The van der Waals surface area contributed by atoms with E-state index in [0.717, 1.165) is 0 Å². The van der Waals surface area contributed by atoms with Crippen molar-refractivity contribution >= 4 is 11.9 Å². The van der Waals surface area contributed by atoms with Gasteiger partial charge in [-0.15, -0.1) is 0 Å². The van der Waals surface area contributed by atoms with Crippen molar-refractivity contribution in [3.8, 4) is 0 Å². The lowest BCUT2D eigenvalue weighted by molar-refractivity contribution is -0.138. The first-order valence-corrected chi connectivity index (χ1v) is 4.58. The fraction of sp³-hybridized carbons (Fsp3) is 0.778. The summed E-state index contributed by atoms with van der Waals surface area (Å²) in [6, 6.07) is 0. The first-order chi connectivity index (χ1) is 6.41. The second-order valence-corrected chi connectivity index (χ2v) is 3.56. The molecule has 0 aromatic heterocycles. The van der Waals surface area contributed by atoms with Crippen LogP contribution in [-0.2, 0) is 9.59 Å². The Bertz CT molecular complexity index is 203. The smallest absolute Gasteiger partial charge is 0.303 e. The molecule has 14 heavy (non-hydrogen) atoms. The highest BCUT2D eigenvalue weighted by Crippen LogP contribution is 2.06. The van der Waals surface area contributed by atoms with Crippen LogP contribution in [0.5, 0.6) is 0 Å². The molecule has 5 nitrogen and oxygen atoms in total. The van der Waals surface area contributed by atoms with Crippen LogP contribution in [0.15, 0.2) is 0 Å². The summed E-state index contributed by atoms with van der Waals surface area (Å²) in [5.41, 5.74) is 0. The molecule has 0 rings (SSSR count). The number of aliphatic hydroxyl groups is 1. The number of hydrogen-bond donors (Lipinski definition) is 3. The minimum Gasteiger partial charge on any atom is -0.481 e. The van der Waals surface area contributed by atoms with Crippen LogP contribution in [-0.4, -0.2) is 34.7 Å². The number of nitrogens with one attached hydrogen (secondary N) is 1. The Hall–Kier alpha value is -1.10. The molecule has 0 saturated heterocycles. The van der Waals surface area contributed by atoms with E-state index in [4.69, 9.17) is 10.2 Å². The summed E-state index contributed by atoms with van der Waals surface area (Å²) in [5, 5.41) is 19.8. The molecule has 82 valence electrons. The third kappa shape index (κ3) is 7.54. The number of rotatable bonds is 6. The van der Waals surface area contributed by atoms with Crippen molar-refractivity contribution in [2.75, 3.05) is 6.54 Å². The van der Waals surface area contributed by atoms with Crippen LogP contribution in [0, 0.1) is 5.92 Å². The van der Waals surface area contributed by atoms with Crippen molar-refractivity contribution in [2.24, 2.45) is 5.92 Å². The van der Waals surface area contributed by atoms with E-state index in [2.05, 4.69) is 5.32 Å². The number of amides is 1. The second-order valence-electron chi connectivity index (χ2n) is 3.56. The van der Waals surface area contributed by atoms with Gasteiger partial charge in [-0.2, -0.15) is 0 Å². The molecular formula is C9H17NO4. The van der Waals surface area contributed by atoms with E-state index in [1.165, 1.54) is 0 Å². The fourth-order valence-corrected chi connectivity index (χ4v) is 1.02. The quantitative estimate of drug-likeness (QED) is 0.566. The molecule has 0 aromatic carbocycles. The maximum atomic E-state index is 11.1. The molecule has 5 heteroatoms. The normalized spacial score (nSPS) is 14.5. The largest absolute Gasteiger partial charge is 0.481 e. The monoisotopic (exact) mass is 203 g/mol. The lowest BCUT2D eigenvalue weighted by atomic mass is 10.0. The summed E-state index contributed by atoms with van der Waals surface area (Å²) in [4.78, 5) is 21.4. The van der Waals surface area contributed by atoms with Crippen LogP contribution < -0.4 is 5.32 Å². The van der Waals surface area contributed by atoms with Gasteiger partial charge in [0.25, 0.3) is 0 Å². The Morgan fingerprint density at radius 2 is 1.86 bits per heavy atom. The van der Waals surface area contributed by atoms with Gasteiger partial charge in [0.1, 0.15) is 0 Å². The molecule has 0 bridgehead atoms. The zero-order valence-corrected chi connectivity index (χ0v) is 8.49. The van der Waals surface area contributed by atoms with Crippen LogP contribution in [0.25, 0.3) is 0 Å². The Kier molecular flexibility index (Phi) is 5.87. The van der Waals surface area contributed by atoms with Gasteiger partial charge >= 0.3 is 5.97 Å². The van der Waals surface area contributed by atoms with Gasteiger partial charge < -0.3 is 15.5 Å².